The predicted molar refractivity (Wildman–Crippen MR) is 99.3 cm³/mol. The van der Waals surface area contributed by atoms with E-state index in [1.807, 2.05) is 42.5 Å². The number of carbonyl (C=O) groups excluding carboxylic acids is 1. The Bertz CT molecular complexity index is 687. The summed E-state index contributed by atoms with van der Waals surface area (Å²) in [7, 11) is 1.63. The number of methoxy groups -OCH3 is 1. The molecule has 1 amide bonds. The molecular weight excluding hydrogens is 459 g/mol. The molecule has 0 heterocycles. The van der Waals surface area contributed by atoms with E-state index in [-0.39, 0.29) is 5.91 Å². The van der Waals surface area contributed by atoms with Crippen molar-refractivity contribution in [2.24, 2.45) is 5.10 Å². The minimum atomic E-state index is -0.151. The minimum Gasteiger partial charge on any atom is -0.496 e. The molecule has 2 rings (SSSR count). The van der Waals surface area contributed by atoms with Crippen LogP contribution in [0.1, 0.15) is 11.1 Å². The highest BCUT2D eigenvalue weighted by Gasteiger charge is 2.02. The first-order valence-electron chi connectivity index (χ1n) is 6.48. The molecule has 0 bridgehead atoms. The number of hydrazone groups is 1. The van der Waals surface area contributed by atoms with E-state index in [2.05, 4.69) is 49.0 Å². The van der Waals surface area contributed by atoms with E-state index in [9.17, 15) is 4.79 Å². The van der Waals surface area contributed by atoms with Gasteiger partial charge in [-0.3, -0.25) is 4.79 Å². The van der Waals surface area contributed by atoms with Gasteiger partial charge < -0.3 is 4.74 Å². The number of hydrogen-bond donors (Lipinski definition) is 1. The third-order valence-corrected chi connectivity index (χ3v) is 4.23. The Morgan fingerprint density at radius 1 is 1.32 bits per heavy atom. The fourth-order valence-corrected chi connectivity index (χ4v) is 2.79. The summed E-state index contributed by atoms with van der Waals surface area (Å²) < 4.78 is 7.17. The van der Waals surface area contributed by atoms with Gasteiger partial charge in [-0.1, -0.05) is 28.1 Å². The van der Waals surface area contributed by atoms with Gasteiger partial charge in [-0.05, 0) is 64.0 Å². The Kier molecular flexibility index (Phi) is 6.38. The van der Waals surface area contributed by atoms with E-state index in [4.69, 9.17) is 4.74 Å². The monoisotopic (exact) mass is 472 g/mol. The van der Waals surface area contributed by atoms with Crippen molar-refractivity contribution >= 4 is 50.6 Å². The number of benzene rings is 2. The van der Waals surface area contributed by atoms with Gasteiger partial charge in [0.1, 0.15) is 5.75 Å². The van der Waals surface area contributed by atoms with Crippen LogP contribution in [-0.4, -0.2) is 19.2 Å². The Balaban J connectivity index is 1.90. The fraction of sp³-hybridized carbons (Fsp3) is 0.125. The lowest BCUT2D eigenvalue weighted by molar-refractivity contribution is -0.120. The lowest BCUT2D eigenvalue weighted by Gasteiger charge is -2.03. The van der Waals surface area contributed by atoms with Gasteiger partial charge in [-0.2, -0.15) is 5.10 Å². The average Bonchev–Trinajstić information content (AvgIpc) is 2.50. The highest BCUT2D eigenvalue weighted by molar-refractivity contribution is 14.1. The zero-order valence-corrected chi connectivity index (χ0v) is 15.6. The van der Waals surface area contributed by atoms with E-state index < -0.39 is 0 Å². The molecule has 0 aromatic heterocycles. The largest absolute Gasteiger partial charge is 0.496 e. The summed E-state index contributed by atoms with van der Waals surface area (Å²) in [6, 6.07) is 13.3. The number of carbonyl (C=O) groups is 1. The van der Waals surface area contributed by atoms with Crippen molar-refractivity contribution in [1.29, 1.82) is 0 Å². The Hall–Kier alpha value is -1.41. The maximum Gasteiger partial charge on any atom is 0.244 e. The maximum atomic E-state index is 11.8. The molecule has 0 aliphatic heterocycles. The normalized spacial score (nSPS) is 10.7. The van der Waals surface area contributed by atoms with Gasteiger partial charge in [0, 0.05) is 4.47 Å². The average molecular weight is 473 g/mol. The van der Waals surface area contributed by atoms with Crippen LogP contribution in [0.4, 0.5) is 0 Å². The molecule has 2 aromatic rings. The first-order valence-corrected chi connectivity index (χ1v) is 8.35. The molecule has 2 aromatic carbocycles. The smallest absolute Gasteiger partial charge is 0.244 e. The molecule has 0 radical (unpaired) electrons. The van der Waals surface area contributed by atoms with Gasteiger partial charge in [0.2, 0.25) is 5.91 Å². The van der Waals surface area contributed by atoms with E-state index in [0.717, 1.165) is 24.9 Å². The van der Waals surface area contributed by atoms with Gasteiger partial charge in [0.05, 0.1) is 23.3 Å². The molecule has 0 fully saturated rings. The Morgan fingerprint density at radius 3 is 2.68 bits per heavy atom. The molecule has 22 heavy (non-hydrogen) atoms. The first-order chi connectivity index (χ1) is 10.6. The predicted octanol–water partition coefficient (Wildman–Crippen LogP) is 3.76. The molecule has 0 saturated carbocycles. The highest BCUT2D eigenvalue weighted by Crippen LogP contribution is 2.20. The van der Waals surface area contributed by atoms with Gasteiger partial charge in [-0.15, -0.1) is 0 Å². The van der Waals surface area contributed by atoms with E-state index >= 15 is 0 Å². The van der Waals surface area contributed by atoms with E-state index in [1.165, 1.54) is 0 Å². The van der Waals surface area contributed by atoms with Crippen LogP contribution in [0.3, 0.4) is 0 Å². The number of amides is 1. The van der Waals surface area contributed by atoms with Crippen LogP contribution in [0.15, 0.2) is 52.0 Å². The number of ether oxygens (including phenoxy) is 1. The van der Waals surface area contributed by atoms with Gasteiger partial charge >= 0.3 is 0 Å². The summed E-state index contributed by atoms with van der Waals surface area (Å²) in [5.41, 5.74) is 4.36. The number of nitrogens with zero attached hydrogens (tertiary/aromatic N) is 1. The van der Waals surface area contributed by atoms with Gasteiger partial charge in [0.15, 0.2) is 0 Å². The van der Waals surface area contributed by atoms with E-state index in [0.29, 0.717) is 6.42 Å². The molecule has 1 N–H and O–H groups in total. The van der Waals surface area contributed by atoms with Crippen LogP contribution < -0.4 is 10.2 Å². The molecule has 0 aliphatic carbocycles. The van der Waals surface area contributed by atoms with Gasteiger partial charge in [0.25, 0.3) is 0 Å². The zero-order valence-electron chi connectivity index (χ0n) is 11.8. The lowest BCUT2D eigenvalue weighted by atomic mass is 10.1. The molecule has 0 unspecified atom stereocenters. The third-order valence-electron chi connectivity index (χ3n) is 2.86. The molecule has 6 heteroatoms. The Morgan fingerprint density at radius 2 is 2.05 bits per heavy atom. The topological polar surface area (TPSA) is 50.7 Å². The van der Waals surface area contributed by atoms with Gasteiger partial charge in [-0.25, -0.2) is 5.43 Å². The lowest BCUT2D eigenvalue weighted by Crippen LogP contribution is -2.19. The van der Waals surface area contributed by atoms with Crippen LogP contribution in [0.2, 0.25) is 0 Å². The standard InChI is InChI=1S/C16H14BrIN2O2/c1-22-15-7-4-12(8-14(15)18)10-19-20-16(21)9-11-2-5-13(17)6-3-11/h2-8,10H,9H2,1H3,(H,20,21)/b19-10-. The van der Waals surface area contributed by atoms with Crippen molar-refractivity contribution < 1.29 is 9.53 Å². The number of hydrogen-bond acceptors (Lipinski definition) is 3. The second-order valence-corrected chi connectivity index (χ2v) is 6.57. The Labute approximate surface area is 151 Å². The second-order valence-electron chi connectivity index (χ2n) is 4.49. The molecule has 0 atom stereocenters. The number of rotatable bonds is 5. The van der Waals surface area contributed by atoms with Crippen LogP contribution in [0.25, 0.3) is 0 Å². The van der Waals surface area contributed by atoms with Crippen molar-refractivity contribution in [2.45, 2.75) is 6.42 Å². The number of nitrogens with one attached hydrogen (secondary N) is 1. The van der Waals surface area contributed by atoms with Crippen molar-refractivity contribution in [3.05, 3.63) is 61.6 Å². The van der Waals surface area contributed by atoms with Crippen LogP contribution in [0, 0.1) is 3.57 Å². The summed E-state index contributed by atoms with van der Waals surface area (Å²) in [5.74, 6) is 0.666. The summed E-state index contributed by atoms with van der Waals surface area (Å²) >= 11 is 5.55. The zero-order chi connectivity index (χ0) is 15.9. The highest BCUT2D eigenvalue weighted by atomic mass is 127. The summed E-state index contributed by atoms with van der Waals surface area (Å²) in [5, 5.41) is 3.97. The molecule has 0 aliphatic rings. The van der Waals surface area contributed by atoms with E-state index in [1.54, 1.807) is 13.3 Å². The van der Waals surface area contributed by atoms with Crippen molar-refractivity contribution in [3.8, 4) is 5.75 Å². The summed E-state index contributed by atoms with van der Waals surface area (Å²) in [6.45, 7) is 0. The van der Waals surface area contributed by atoms with Crippen molar-refractivity contribution in [3.63, 3.8) is 0 Å². The first kappa shape index (κ1) is 17.0. The third kappa shape index (κ3) is 5.10. The van der Waals surface area contributed by atoms with Crippen molar-refractivity contribution in [2.75, 3.05) is 7.11 Å². The molecule has 4 nitrogen and oxygen atoms in total. The molecular formula is C16H14BrIN2O2. The quantitative estimate of drug-likeness (QED) is 0.409. The second kappa shape index (κ2) is 8.28. The molecule has 0 spiro atoms. The van der Waals surface area contributed by atoms with Crippen LogP contribution >= 0.6 is 38.5 Å². The molecule has 0 saturated heterocycles. The molecule has 114 valence electrons. The summed E-state index contributed by atoms with van der Waals surface area (Å²) in [4.78, 5) is 11.8. The number of halogens is 2. The maximum absolute atomic E-state index is 11.8. The van der Waals surface area contributed by atoms with Crippen LogP contribution in [0.5, 0.6) is 5.75 Å². The summed E-state index contributed by atoms with van der Waals surface area (Å²) in [6.07, 6.45) is 1.91. The van der Waals surface area contributed by atoms with Crippen molar-refractivity contribution in [1.82, 2.24) is 5.43 Å². The SMILES string of the molecule is COc1ccc(/C=N\NC(=O)Cc2ccc(Br)cc2)cc1I. The fourth-order valence-electron chi connectivity index (χ4n) is 1.77. The minimum absolute atomic E-state index is 0.151. The van der Waals surface area contributed by atoms with Crippen LogP contribution in [-0.2, 0) is 11.2 Å².